The molecule has 154 valence electrons. The summed E-state index contributed by atoms with van der Waals surface area (Å²) in [5, 5.41) is 15.0. The summed E-state index contributed by atoms with van der Waals surface area (Å²) < 4.78 is 13.9. The number of aliphatic carboxylic acids is 1. The Hall–Kier alpha value is -2.64. The molecule has 2 aromatic carbocycles. The number of carboxylic acids is 1. The second-order valence-electron chi connectivity index (χ2n) is 6.39. The van der Waals surface area contributed by atoms with Crippen molar-refractivity contribution in [2.24, 2.45) is 0 Å². The number of benzene rings is 2. The van der Waals surface area contributed by atoms with Crippen LogP contribution in [0.3, 0.4) is 0 Å². The van der Waals surface area contributed by atoms with Crippen LogP contribution in [-0.2, 0) is 27.2 Å². The van der Waals surface area contributed by atoms with Crippen molar-refractivity contribution < 1.29 is 23.9 Å². The molecular formula is C20H19Cl2FN2O4. The van der Waals surface area contributed by atoms with Gasteiger partial charge < -0.3 is 15.7 Å². The van der Waals surface area contributed by atoms with E-state index >= 15 is 0 Å². The topological polar surface area (TPSA) is 95.5 Å². The number of rotatable bonds is 8. The summed E-state index contributed by atoms with van der Waals surface area (Å²) >= 11 is 11.9. The molecule has 0 aliphatic heterocycles. The molecule has 2 amide bonds. The number of carboxylic acid groups (broad SMARTS) is 1. The molecule has 0 bridgehead atoms. The number of amides is 2. The SMILES string of the molecule is CC(=O)N[C@@H](Cc1ccccc1F)C(=O)N[C@@H](Cc1ccc(Cl)cc1Cl)C(=O)O. The molecule has 0 aliphatic rings. The molecule has 6 nitrogen and oxygen atoms in total. The van der Waals surface area contributed by atoms with Gasteiger partial charge in [-0.05, 0) is 29.3 Å². The molecule has 0 fully saturated rings. The van der Waals surface area contributed by atoms with Crippen molar-refractivity contribution >= 4 is 41.0 Å². The molecule has 0 heterocycles. The van der Waals surface area contributed by atoms with Crippen LogP contribution in [0.2, 0.25) is 10.0 Å². The zero-order valence-electron chi connectivity index (χ0n) is 15.4. The number of hydrogen-bond acceptors (Lipinski definition) is 3. The van der Waals surface area contributed by atoms with Crippen LogP contribution in [0.5, 0.6) is 0 Å². The van der Waals surface area contributed by atoms with Crippen molar-refractivity contribution in [2.75, 3.05) is 0 Å². The highest BCUT2D eigenvalue weighted by Gasteiger charge is 2.27. The number of halogens is 3. The van der Waals surface area contributed by atoms with Crippen LogP contribution in [0.4, 0.5) is 4.39 Å². The fourth-order valence-corrected chi connectivity index (χ4v) is 3.20. The van der Waals surface area contributed by atoms with Crippen LogP contribution in [0.25, 0.3) is 0 Å². The monoisotopic (exact) mass is 440 g/mol. The smallest absolute Gasteiger partial charge is 0.326 e. The molecule has 9 heteroatoms. The molecule has 0 aliphatic carbocycles. The minimum Gasteiger partial charge on any atom is -0.480 e. The van der Waals surface area contributed by atoms with Crippen LogP contribution in [0.15, 0.2) is 42.5 Å². The molecule has 0 unspecified atom stereocenters. The Morgan fingerprint density at radius 1 is 1.00 bits per heavy atom. The highest BCUT2D eigenvalue weighted by atomic mass is 35.5. The normalized spacial score (nSPS) is 12.7. The number of carbonyl (C=O) groups is 3. The summed E-state index contributed by atoms with van der Waals surface area (Å²) in [6.45, 7) is 1.21. The van der Waals surface area contributed by atoms with E-state index in [1.54, 1.807) is 18.2 Å². The minimum atomic E-state index is -1.31. The third-order valence-electron chi connectivity index (χ3n) is 4.13. The summed E-state index contributed by atoms with van der Waals surface area (Å²) in [6, 6.07) is 7.97. The van der Waals surface area contributed by atoms with Crippen LogP contribution in [0.1, 0.15) is 18.1 Å². The lowest BCUT2D eigenvalue weighted by Gasteiger charge is -2.21. The minimum absolute atomic E-state index is 0.0937. The zero-order chi connectivity index (χ0) is 21.6. The van der Waals surface area contributed by atoms with Crippen LogP contribution in [-0.4, -0.2) is 35.0 Å². The molecule has 2 rings (SSSR count). The van der Waals surface area contributed by atoms with Gasteiger partial charge in [-0.25, -0.2) is 9.18 Å². The maximum Gasteiger partial charge on any atom is 0.326 e. The first-order valence-corrected chi connectivity index (χ1v) is 9.40. The fraction of sp³-hybridized carbons (Fsp3) is 0.250. The van der Waals surface area contributed by atoms with E-state index in [0.717, 1.165) is 0 Å². The number of nitrogens with one attached hydrogen (secondary N) is 2. The maximum atomic E-state index is 13.9. The van der Waals surface area contributed by atoms with Gasteiger partial charge in [0, 0.05) is 29.8 Å². The Balaban J connectivity index is 2.18. The molecular weight excluding hydrogens is 422 g/mol. The van der Waals surface area contributed by atoms with E-state index in [0.29, 0.717) is 10.6 Å². The third kappa shape index (κ3) is 6.73. The van der Waals surface area contributed by atoms with Gasteiger partial charge in [0.15, 0.2) is 0 Å². The fourth-order valence-electron chi connectivity index (χ4n) is 2.72. The Bertz CT molecular complexity index is 923. The summed E-state index contributed by atoms with van der Waals surface area (Å²) in [5.41, 5.74) is 0.697. The number of hydrogen-bond donors (Lipinski definition) is 3. The van der Waals surface area contributed by atoms with Gasteiger partial charge in [0.25, 0.3) is 0 Å². The van der Waals surface area contributed by atoms with Gasteiger partial charge in [0.2, 0.25) is 11.8 Å². The van der Waals surface area contributed by atoms with Crippen molar-refractivity contribution in [1.29, 1.82) is 0 Å². The maximum absolute atomic E-state index is 13.9. The lowest BCUT2D eigenvalue weighted by molar-refractivity contribution is -0.142. The lowest BCUT2D eigenvalue weighted by atomic mass is 10.0. The molecule has 2 atom stereocenters. The van der Waals surface area contributed by atoms with Gasteiger partial charge in [-0.1, -0.05) is 47.5 Å². The van der Waals surface area contributed by atoms with Crippen LogP contribution in [0, 0.1) is 5.82 Å². The van der Waals surface area contributed by atoms with E-state index in [9.17, 15) is 23.9 Å². The van der Waals surface area contributed by atoms with E-state index in [4.69, 9.17) is 23.2 Å². The Morgan fingerprint density at radius 3 is 2.24 bits per heavy atom. The molecule has 0 spiro atoms. The van der Waals surface area contributed by atoms with Gasteiger partial charge in [0.1, 0.15) is 17.9 Å². The standard InChI is InChI=1S/C20H19Cl2FN2O4/c1-11(26)24-17(9-13-4-2-3-5-16(13)23)19(27)25-18(20(28)29)8-12-6-7-14(21)10-15(12)22/h2-7,10,17-18H,8-9H2,1H3,(H,24,26)(H,25,27)(H,28,29)/t17-,18-/m0/s1. The Kier molecular flexibility index (Phi) is 7.99. The van der Waals surface area contributed by atoms with E-state index < -0.39 is 35.7 Å². The first kappa shape index (κ1) is 22.6. The average molecular weight is 441 g/mol. The van der Waals surface area contributed by atoms with E-state index in [1.807, 2.05) is 0 Å². The molecule has 3 N–H and O–H groups in total. The average Bonchev–Trinajstić information content (AvgIpc) is 2.63. The number of carbonyl (C=O) groups excluding carboxylic acids is 2. The van der Waals surface area contributed by atoms with Crippen LogP contribution < -0.4 is 10.6 Å². The Morgan fingerprint density at radius 2 is 1.66 bits per heavy atom. The zero-order valence-corrected chi connectivity index (χ0v) is 16.9. The van der Waals surface area contributed by atoms with Gasteiger partial charge in [-0.2, -0.15) is 0 Å². The summed E-state index contributed by atoms with van der Waals surface area (Å²) in [7, 11) is 0. The molecule has 0 radical (unpaired) electrons. The van der Waals surface area contributed by atoms with E-state index in [2.05, 4.69) is 10.6 Å². The van der Waals surface area contributed by atoms with Crippen molar-refractivity contribution in [3.8, 4) is 0 Å². The largest absolute Gasteiger partial charge is 0.480 e. The molecule has 2 aromatic rings. The molecule has 0 saturated carbocycles. The predicted octanol–water partition coefficient (Wildman–Crippen LogP) is 2.99. The second-order valence-corrected chi connectivity index (χ2v) is 7.23. The van der Waals surface area contributed by atoms with E-state index in [1.165, 1.54) is 31.2 Å². The van der Waals surface area contributed by atoms with Gasteiger partial charge >= 0.3 is 5.97 Å². The van der Waals surface area contributed by atoms with Gasteiger partial charge in [-0.3, -0.25) is 9.59 Å². The van der Waals surface area contributed by atoms with Crippen molar-refractivity contribution in [2.45, 2.75) is 31.8 Å². The van der Waals surface area contributed by atoms with Gasteiger partial charge in [0.05, 0.1) is 0 Å². The van der Waals surface area contributed by atoms with Crippen molar-refractivity contribution in [1.82, 2.24) is 10.6 Å². The molecule has 0 aromatic heterocycles. The molecule has 0 saturated heterocycles. The quantitative estimate of drug-likeness (QED) is 0.587. The van der Waals surface area contributed by atoms with Crippen molar-refractivity contribution in [3.05, 3.63) is 69.5 Å². The highest BCUT2D eigenvalue weighted by Crippen LogP contribution is 2.22. The lowest BCUT2D eigenvalue weighted by Crippen LogP contribution is -2.52. The van der Waals surface area contributed by atoms with Crippen molar-refractivity contribution in [3.63, 3.8) is 0 Å². The summed E-state index contributed by atoms with van der Waals surface area (Å²) in [4.78, 5) is 35.8. The van der Waals surface area contributed by atoms with Gasteiger partial charge in [-0.15, -0.1) is 0 Å². The van der Waals surface area contributed by atoms with Crippen LogP contribution >= 0.6 is 23.2 Å². The second kappa shape index (κ2) is 10.2. The summed E-state index contributed by atoms with van der Waals surface area (Å²) in [6.07, 6.45) is -0.226. The summed E-state index contributed by atoms with van der Waals surface area (Å²) in [5.74, 6) is -3.06. The first-order valence-electron chi connectivity index (χ1n) is 8.65. The van der Waals surface area contributed by atoms with E-state index in [-0.39, 0.29) is 23.4 Å². The first-order chi connectivity index (χ1) is 13.7. The third-order valence-corrected chi connectivity index (χ3v) is 4.72. The highest BCUT2D eigenvalue weighted by molar-refractivity contribution is 6.35. The Labute approximate surface area is 177 Å². The predicted molar refractivity (Wildman–Crippen MR) is 107 cm³/mol. The molecule has 29 heavy (non-hydrogen) atoms.